The van der Waals surface area contributed by atoms with Gasteiger partial charge in [0.15, 0.2) is 22.4 Å². The molecular formula is C26H22N2O4S2. The molecule has 0 spiro atoms. The van der Waals surface area contributed by atoms with Crippen molar-refractivity contribution in [3.63, 3.8) is 0 Å². The van der Waals surface area contributed by atoms with Crippen molar-refractivity contribution in [2.75, 3.05) is 23.9 Å². The topological polar surface area (TPSA) is 67.9 Å². The first-order valence-corrected chi connectivity index (χ1v) is 11.7. The molecule has 0 atom stereocenters. The molecule has 1 heterocycles. The lowest BCUT2D eigenvalue weighted by atomic mass is 10.2. The second kappa shape index (κ2) is 10.5. The number of nitrogens with zero attached hydrogens (tertiary/aromatic N) is 1. The Morgan fingerprint density at radius 3 is 2.50 bits per heavy atom. The summed E-state index contributed by atoms with van der Waals surface area (Å²) in [7, 11) is 1.52. The molecule has 6 nitrogen and oxygen atoms in total. The molecular weight excluding hydrogens is 468 g/mol. The molecule has 3 aromatic carbocycles. The number of amides is 2. The summed E-state index contributed by atoms with van der Waals surface area (Å²) in [5, 5.41) is 2.79. The average molecular weight is 491 g/mol. The molecule has 34 heavy (non-hydrogen) atoms. The van der Waals surface area contributed by atoms with E-state index in [0.717, 1.165) is 16.8 Å². The van der Waals surface area contributed by atoms with Crippen LogP contribution in [0.3, 0.4) is 0 Å². The zero-order chi connectivity index (χ0) is 24.1. The highest BCUT2D eigenvalue weighted by molar-refractivity contribution is 8.27. The number of thioether (sulfide) groups is 1. The number of para-hydroxylation sites is 1. The molecule has 0 aliphatic carbocycles. The average Bonchev–Trinajstić information content (AvgIpc) is 3.12. The van der Waals surface area contributed by atoms with E-state index in [1.807, 2.05) is 61.5 Å². The number of methoxy groups -OCH3 is 1. The monoisotopic (exact) mass is 490 g/mol. The molecule has 0 radical (unpaired) electrons. The fourth-order valence-electron chi connectivity index (χ4n) is 3.29. The van der Waals surface area contributed by atoms with E-state index in [1.54, 1.807) is 24.3 Å². The maximum Gasteiger partial charge on any atom is 0.270 e. The SMILES string of the molecule is COc1cc(C=C2SC(=S)N(c3ccccc3)C2=O)ccc1OCC(=O)Nc1ccc(C)cc1. The predicted octanol–water partition coefficient (Wildman–Crippen LogP) is 5.43. The van der Waals surface area contributed by atoms with E-state index in [0.29, 0.717) is 26.4 Å². The van der Waals surface area contributed by atoms with E-state index in [1.165, 1.54) is 23.8 Å². The van der Waals surface area contributed by atoms with Gasteiger partial charge < -0.3 is 14.8 Å². The number of carbonyl (C=O) groups excluding carboxylic acids is 2. The number of thiocarbonyl (C=S) groups is 1. The van der Waals surface area contributed by atoms with Gasteiger partial charge >= 0.3 is 0 Å². The largest absolute Gasteiger partial charge is 0.493 e. The number of hydrogen-bond donors (Lipinski definition) is 1. The molecule has 3 aromatic rings. The van der Waals surface area contributed by atoms with E-state index in [9.17, 15) is 9.59 Å². The molecule has 8 heteroatoms. The van der Waals surface area contributed by atoms with Crippen LogP contribution in [0.1, 0.15) is 11.1 Å². The molecule has 1 aliphatic rings. The van der Waals surface area contributed by atoms with Crippen LogP contribution in [0.4, 0.5) is 11.4 Å². The third kappa shape index (κ3) is 5.47. The Morgan fingerprint density at radius 2 is 1.79 bits per heavy atom. The smallest absolute Gasteiger partial charge is 0.270 e. The normalized spacial score (nSPS) is 14.4. The van der Waals surface area contributed by atoms with Crippen LogP contribution in [0.25, 0.3) is 6.08 Å². The molecule has 0 saturated carbocycles. The Labute approximate surface area is 207 Å². The first kappa shape index (κ1) is 23.5. The third-order valence-corrected chi connectivity index (χ3v) is 6.29. The van der Waals surface area contributed by atoms with Gasteiger partial charge in [-0.25, -0.2) is 0 Å². The van der Waals surface area contributed by atoms with Crippen molar-refractivity contribution in [1.29, 1.82) is 0 Å². The fraction of sp³-hybridized carbons (Fsp3) is 0.115. The Bertz CT molecular complexity index is 1260. The number of hydrogen-bond acceptors (Lipinski definition) is 6. The molecule has 1 saturated heterocycles. The minimum absolute atomic E-state index is 0.167. The Morgan fingerprint density at radius 1 is 1.06 bits per heavy atom. The van der Waals surface area contributed by atoms with E-state index in [2.05, 4.69) is 5.32 Å². The number of nitrogens with one attached hydrogen (secondary N) is 1. The van der Waals surface area contributed by atoms with Crippen molar-refractivity contribution < 1.29 is 19.1 Å². The number of benzene rings is 3. The lowest BCUT2D eigenvalue weighted by Crippen LogP contribution is -2.27. The molecule has 4 rings (SSSR count). The van der Waals surface area contributed by atoms with Crippen LogP contribution in [0.2, 0.25) is 0 Å². The van der Waals surface area contributed by atoms with Crippen LogP contribution in [-0.2, 0) is 9.59 Å². The zero-order valence-electron chi connectivity index (χ0n) is 18.6. The third-order valence-electron chi connectivity index (χ3n) is 4.99. The summed E-state index contributed by atoms with van der Waals surface area (Å²) in [4.78, 5) is 27.2. The predicted molar refractivity (Wildman–Crippen MR) is 140 cm³/mol. The van der Waals surface area contributed by atoms with Crippen LogP contribution >= 0.6 is 24.0 Å². The molecule has 2 amide bonds. The van der Waals surface area contributed by atoms with Gasteiger partial charge in [-0.05, 0) is 55.0 Å². The van der Waals surface area contributed by atoms with Crippen LogP contribution in [0.15, 0.2) is 77.7 Å². The Kier molecular flexibility index (Phi) is 7.30. The second-order valence-corrected chi connectivity index (χ2v) is 9.14. The maximum atomic E-state index is 12.9. The molecule has 172 valence electrons. The van der Waals surface area contributed by atoms with E-state index in [4.69, 9.17) is 21.7 Å². The van der Waals surface area contributed by atoms with Crippen molar-refractivity contribution >= 4 is 57.6 Å². The zero-order valence-corrected chi connectivity index (χ0v) is 20.2. The quantitative estimate of drug-likeness (QED) is 0.352. The lowest BCUT2D eigenvalue weighted by Gasteiger charge is -2.14. The second-order valence-electron chi connectivity index (χ2n) is 7.47. The Hall–Kier alpha value is -3.62. The van der Waals surface area contributed by atoms with Crippen molar-refractivity contribution in [3.8, 4) is 11.5 Å². The first-order chi connectivity index (χ1) is 16.4. The minimum atomic E-state index is -0.278. The van der Waals surface area contributed by atoms with Gasteiger partial charge in [0, 0.05) is 5.69 Å². The van der Waals surface area contributed by atoms with Crippen LogP contribution in [0, 0.1) is 6.92 Å². The van der Waals surface area contributed by atoms with Crippen molar-refractivity contribution in [3.05, 3.63) is 88.8 Å². The van der Waals surface area contributed by atoms with Gasteiger partial charge in [0.05, 0.1) is 17.7 Å². The number of ether oxygens (including phenoxy) is 2. The molecule has 0 aromatic heterocycles. The summed E-state index contributed by atoms with van der Waals surface area (Å²) in [6.07, 6.45) is 1.76. The number of anilines is 2. The lowest BCUT2D eigenvalue weighted by molar-refractivity contribution is -0.118. The number of aryl methyl sites for hydroxylation is 1. The molecule has 1 aliphatic heterocycles. The van der Waals surface area contributed by atoms with Crippen LogP contribution in [0.5, 0.6) is 11.5 Å². The van der Waals surface area contributed by atoms with Gasteiger partial charge in [0.1, 0.15) is 0 Å². The standard InChI is InChI=1S/C26H22N2O4S2/c1-17-8-11-19(12-9-17)27-24(29)16-32-21-13-10-18(14-22(21)31-2)15-23-25(30)28(26(33)34-23)20-6-4-3-5-7-20/h3-15H,16H2,1-2H3,(H,27,29). The van der Waals surface area contributed by atoms with Gasteiger partial charge in [-0.1, -0.05) is 65.9 Å². The summed E-state index contributed by atoms with van der Waals surface area (Å²) in [6, 6.07) is 22.1. The van der Waals surface area contributed by atoms with Gasteiger partial charge in [-0.15, -0.1) is 0 Å². The summed E-state index contributed by atoms with van der Waals surface area (Å²) in [5.41, 5.74) is 3.30. The first-order valence-electron chi connectivity index (χ1n) is 10.4. The highest BCUT2D eigenvalue weighted by atomic mass is 32.2. The van der Waals surface area contributed by atoms with E-state index >= 15 is 0 Å². The summed E-state index contributed by atoms with van der Waals surface area (Å²) < 4.78 is 11.6. The Balaban J connectivity index is 1.44. The van der Waals surface area contributed by atoms with E-state index < -0.39 is 0 Å². The molecule has 0 bridgehead atoms. The number of carbonyl (C=O) groups is 2. The molecule has 1 fully saturated rings. The van der Waals surface area contributed by atoms with Gasteiger partial charge in [-0.2, -0.15) is 0 Å². The highest BCUT2D eigenvalue weighted by Gasteiger charge is 2.33. The summed E-state index contributed by atoms with van der Waals surface area (Å²) in [5.74, 6) is 0.429. The van der Waals surface area contributed by atoms with E-state index in [-0.39, 0.29) is 18.4 Å². The summed E-state index contributed by atoms with van der Waals surface area (Å²) in [6.45, 7) is 1.81. The molecule has 0 unspecified atom stereocenters. The van der Waals surface area contributed by atoms with Gasteiger partial charge in [-0.3, -0.25) is 14.5 Å². The minimum Gasteiger partial charge on any atom is -0.493 e. The summed E-state index contributed by atoms with van der Waals surface area (Å²) >= 11 is 6.67. The van der Waals surface area contributed by atoms with Crippen LogP contribution < -0.4 is 19.7 Å². The molecule has 1 N–H and O–H groups in total. The maximum absolute atomic E-state index is 12.9. The van der Waals surface area contributed by atoms with Crippen LogP contribution in [-0.4, -0.2) is 29.9 Å². The van der Waals surface area contributed by atoms with Crippen molar-refractivity contribution in [2.24, 2.45) is 0 Å². The van der Waals surface area contributed by atoms with Gasteiger partial charge in [0.25, 0.3) is 11.8 Å². The highest BCUT2D eigenvalue weighted by Crippen LogP contribution is 2.37. The van der Waals surface area contributed by atoms with Crippen molar-refractivity contribution in [1.82, 2.24) is 0 Å². The number of rotatable bonds is 7. The van der Waals surface area contributed by atoms with Crippen molar-refractivity contribution in [2.45, 2.75) is 6.92 Å². The van der Waals surface area contributed by atoms with Gasteiger partial charge in [0.2, 0.25) is 0 Å². The fourth-order valence-corrected chi connectivity index (χ4v) is 4.59.